The number of carbonyl (C=O) groups is 1. The molecule has 27 heavy (non-hydrogen) atoms. The Morgan fingerprint density at radius 3 is 1.96 bits per heavy atom. The van der Waals surface area contributed by atoms with Gasteiger partial charge in [0.05, 0.1) is 6.10 Å². The largest absolute Gasteiger partial charge is 0.407 e. The predicted molar refractivity (Wildman–Crippen MR) is 114 cm³/mol. The Morgan fingerprint density at radius 2 is 1.52 bits per heavy atom. The third-order valence-corrected chi connectivity index (χ3v) is 9.85. The van der Waals surface area contributed by atoms with Crippen LogP contribution in [0.25, 0.3) is 0 Å². The molecule has 1 atom stereocenters. The van der Waals surface area contributed by atoms with E-state index in [0.717, 1.165) is 6.29 Å². The molecule has 0 spiro atoms. The maximum absolute atomic E-state index is 10.4. The van der Waals surface area contributed by atoms with Gasteiger partial charge in [-0.3, -0.25) is 4.79 Å². The Hall–Kier alpha value is -2.01. The fourth-order valence-corrected chi connectivity index (χ4v) is 8.10. The van der Waals surface area contributed by atoms with Crippen molar-refractivity contribution in [1.82, 2.24) is 0 Å². The first-order chi connectivity index (χ1) is 12.9. The maximum Gasteiger partial charge on any atom is 0.261 e. The van der Waals surface area contributed by atoms with E-state index in [-0.39, 0.29) is 5.04 Å². The molecule has 0 saturated carbocycles. The first kappa shape index (κ1) is 21.3. The third kappa shape index (κ3) is 5.25. The highest BCUT2D eigenvalue weighted by Crippen LogP contribution is 2.36. The Morgan fingerprint density at radius 1 is 1.00 bits per heavy atom. The Balaban J connectivity index is 2.32. The summed E-state index contributed by atoms with van der Waals surface area (Å²) in [6, 6.07) is 21.0. The number of aliphatic hydroxyl groups excluding tert-OH is 1. The molecule has 2 aromatic carbocycles. The van der Waals surface area contributed by atoms with E-state index in [1.165, 1.54) is 16.4 Å². The fourth-order valence-electron chi connectivity index (χ4n) is 3.52. The summed E-state index contributed by atoms with van der Waals surface area (Å²) >= 11 is 0. The molecule has 3 nitrogen and oxygen atoms in total. The standard InChI is InChI=1S/C23H30O3Si/c1-23(2,3)27(21-13-6-4-7-14-21,22-15-8-5-9-16-22)26-19-17-20(25)12-10-11-18-24/h4-11,13-16,18,20,25H,12,17,19H2,1-3H3/b11-10+/t20-/m1/s1. The van der Waals surface area contributed by atoms with Crippen LogP contribution in [0.3, 0.4) is 0 Å². The Labute approximate surface area is 163 Å². The highest BCUT2D eigenvalue weighted by Gasteiger charge is 2.49. The zero-order chi connectivity index (χ0) is 19.8. The molecule has 4 heteroatoms. The molecule has 0 aliphatic rings. The SMILES string of the molecule is CC(C)(C)[Si](OCC[C@H](O)C/C=C/C=O)(c1ccccc1)c1ccccc1. The van der Waals surface area contributed by atoms with Crippen molar-refractivity contribution >= 4 is 25.0 Å². The molecule has 0 saturated heterocycles. The highest BCUT2D eigenvalue weighted by molar-refractivity contribution is 6.99. The van der Waals surface area contributed by atoms with Crippen molar-refractivity contribution < 1.29 is 14.3 Å². The molecule has 0 aromatic heterocycles. The van der Waals surface area contributed by atoms with Crippen LogP contribution >= 0.6 is 0 Å². The second-order valence-corrected chi connectivity index (χ2v) is 12.1. The van der Waals surface area contributed by atoms with Crippen molar-refractivity contribution in [2.45, 2.75) is 44.8 Å². The molecule has 0 unspecified atom stereocenters. The molecule has 144 valence electrons. The van der Waals surface area contributed by atoms with Gasteiger partial charge in [0, 0.05) is 6.61 Å². The summed E-state index contributed by atoms with van der Waals surface area (Å²) in [4.78, 5) is 10.4. The number of allylic oxidation sites excluding steroid dienone is 1. The number of hydrogen-bond acceptors (Lipinski definition) is 3. The summed E-state index contributed by atoms with van der Waals surface area (Å²) in [6.45, 7) is 7.19. The van der Waals surface area contributed by atoms with E-state index >= 15 is 0 Å². The lowest BCUT2D eigenvalue weighted by Gasteiger charge is -2.43. The van der Waals surface area contributed by atoms with Crippen molar-refractivity contribution in [3.05, 3.63) is 72.8 Å². The van der Waals surface area contributed by atoms with Crippen molar-refractivity contribution in [3.63, 3.8) is 0 Å². The molecule has 0 amide bonds. The minimum absolute atomic E-state index is 0.0713. The van der Waals surface area contributed by atoms with Crippen molar-refractivity contribution in [1.29, 1.82) is 0 Å². The van der Waals surface area contributed by atoms with E-state index in [0.29, 0.717) is 19.4 Å². The summed E-state index contributed by atoms with van der Waals surface area (Å²) in [5.41, 5.74) is 0. The van der Waals surface area contributed by atoms with Gasteiger partial charge in [0.15, 0.2) is 0 Å². The molecule has 1 N–H and O–H groups in total. The van der Waals surface area contributed by atoms with E-state index in [1.807, 2.05) is 12.1 Å². The third-order valence-electron chi connectivity index (χ3n) is 4.81. The van der Waals surface area contributed by atoms with Gasteiger partial charge in [0.2, 0.25) is 0 Å². The van der Waals surface area contributed by atoms with Crippen LogP contribution in [0, 0.1) is 0 Å². The summed E-state index contributed by atoms with van der Waals surface area (Å²) in [7, 11) is -2.54. The summed E-state index contributed by atoms with van der Waals surface area (Å²) in [5, 5.41) is 12.6. The van der Waals surface area contributed by atoms with Crippen LogP contribution in [0.1, 0.15) is 33.6 Å². The number of hydrogen-bond donors (Lipinski definition) is 1. The van der Waals surface area contributed by atoms with Crippen LogP contribution in [-0.4, -0.2) is 32.4 Å². The number of aliphatic hydroxyl groups is 1. The van der Waals surface area contributed by atoms with Crippen LogP contribution in [-0.2, 0) is 9.22 Å². The van der Waals surface area contributed by atoms with E-state index in [1.54, 1.807) is 6.08 Å². The molecular formula is C23H30O3Si. The predicted octanol–water partition coefficient (Wildman–Crippen LogP) is 3.46. The molecule has 0 radical (unpaired) electrons. The smallest absolute Gasteiger partial charge is 0.261 e. The van der Waals surface area contributed by atoms with E-state index in [4.69, 9.17) is 4.43 Å². The lowest BCUT2D eigenvalue weighted by molar-refractivity contribution is -0.104. The van der Waals surface area contributed by atoms with E-state index in [2.05, 4.69) is 69.3 Å². The Bertz CT molecular complexity index is 681. The molecule has 0 bridgehead atoms. The van der Waals surface area contributed by atoms with Gasteiger partial charge in [0.25, 0.3) is 8.32 Å². The fraction of sp³-hybridized carbons (Fsp3) is 0.348. The minimum atomic E-state index is -2.54. The van der Waals surface area contributed by atoms with Gasteiger partial charge in [-0.2, -0.15) is 0 Å². The highest BCUT2D eigenvalue weighted by atomic mass is 28.4. The first-order valence-corrected chi connectivity index (χ1v) is 11.4. The molecule has 0 aliphatic carbocycles. The lowest BCUT2D eigenvalue weighted by atomic mass is 10.2. The second kappa shape index (κ2) is 9.79. The molecule has 2 aromatic rings. The normalized spacial score (nSPS) is 13.6. The van der Waals surface area contributed by atoms with E-state index < -0.39 is 14.4 Å². The topological polar surface area (TPSA) is 46.5 Å². The maximum atomic E-state index is 10.4. The second-order valence-electron chi connectivity index (χ2n) is 7.75. The van der Waals surface area contributed by atoms with Gasteiger partial charge in [-0.1, -0.05) is 87.5 Å². The number of rotatable bonds is 9. The van der Waals surface area contributed by atoms with Gasteiger partial charge in [-0.05, 0) is 34.3 Å². The first-order valence-electron chi connectivity index (χ1n) is 9.45. The molecule has 0 fully saturated rings. The van der Waals surface area contributed by atoms with Gasteiger partial charge in [-0.15, -0.1) is 0 Å². The number of benzene rings is 2. The van der Waals surface area contributed by atoms with Gasteiger partial charge >= 0.3 is 0 Å². The zero-order valence-electron chi connectivity index (χ0n) is 16.5. The van der Waals surface area contributed by atoms with E-state index in [9.17, 15) is 9.90 Å². The van der Waals surface area contributed by atoms with Crippen LogP contribution in [0.2, 0.25) is 5.04 Å². The van der Waals surface area contributed by atoms with Gasteiger partial charge in [0.1, 0.15) is 6.29 Å². The lowest BCUT2D eigenvalue weighted by Crippen LogP contribution is -2.66. The van der Waals surface area contributed by atoms with Gasteiger partial charge in [-0.25, -0.2) is 0 Å². The molecule has 0 aliphatic heterocycles. The van der Waals surface area contributed by atoms with Crippen molar-refractivity contribution in [3.8, 4) is 0 Å². The summed E-state index contributed by atoms with van der Waals surface area (Å²) in [6.07, 6.45) is 4.33. The van der Waals surface area contributed by atoms with Crippen LogP contribution in [0.4, 0.5) is 0 Å². The minimum Gasteiger partial charge on any atom is -0.407 e. The Kier molecular flexibility index (Phi) is 7.72. The molecular weight excluding hydrogens is 352 g/mol. The van der Waals surface area contributed by atoms with Crippen LogP contribution in [0.5, 0.6) is 0 Å². The number of aldehydes is 1. The average Bonchev–Trinajstić information content (AvgIpc) is 2.66. The van der Waals surface area contributed by atoms with Crippen molar-refractivity contribution in [2.24, 2.45) is 0 Å². The zero-order valence-corrected chi connectivity index (χ0v) is 17.5. The molecule has 0 heterocycles. The summed E-state index contributed by atoms with van der Waals surface area (Å²) in [5.74, 6) is 0. The monoisotopic (exact) mass is 382 g/mol. The van der Waals surface area contributed by atoms with Crippen LogP contribution < -0.4 is 10.4 Å². The average molecular weight is 383 g/mol. The summed E-state index contributed by atoms with van der Waals surface area (Å²) < 4.78 is 6.73. The number of carbonyl (C=O) groups excluding carboxylic acids is 1. The molecule has 2 rings (SSSR count). The van der Waals surface area contributed by atoms with Crippen molar-refractivity contribution in [2.75, 3.05) is 6.61 Å². The quantitative estimate of drug-likeness (QED) is 0.410. The van der Waals surface area contributed by atoms with Crippen LogP contribution in [0.15, 0.2) is 72.8 Å². The van der Waals surface area contributed by atoms with Gasteiger partial charge < -0.3 is 9.53 Å².